The average molecular weight is 525 g/mol. The van der Waals surface area contributed by atoms with Gasteiger partial charge in [-0.15, -0.1) is 0 Å². The number of hydrogen-bond donors (Lipinski definition) is 2. The van der Waals surface area contributed by atoms with E-state index in [-0.39, 0.29) is 30.5 Å². The van der Waals surface area contributed by atoms with Crippen molar-refractivity contribution >= 4 is 22.6 Å². The van der Waals surface area contributed by atoms with E-state index in [1.807, 2.05) is 31.2 Å². The molecular formula is C33H36N2O4. The van der Waals surface area contributed by atoms with Crippen LogP contribution in [0.4, 0.5) is 0 Å². The maximum atomic E-state index is 12.8. The molecular weight excluding hydrogens is 488 g/mol. The molecule has 1 aliphatic rings. The molecule has 0 radical (unpaired) electrons. The molecule has 1 amide bonds. The molecule has 2 N–H and O–H groups in total. The number of para-hydroxylation sites is 1. The van der Waals surface area contributed by atoms with Crippen LogP contribution in [-0.2, 0) is 14.3 Å². The monoisotopic (exact) mass is 524 g/mol. The van der Waals surface area contributed by atoms with E-state index in [4.69, 9.17) is 4.74 Å². The van der Waals surface area contributed by atoms with E-state index in [1.165, 1.54) is 23.4 Å². The normalized spacial score (nSPS) is 17.8. The molecule has 0 unspecified atom stereocenters. The van der Waals surface area contributed by atoms with Gasteiger partial charge in [-0.3, -0.25) is 9.59 Å². The zero-order valence-electron chi connectivity index (χ0n) is 22.8. The zero-order chi connectivity index (χ0) is 27.8. The van der Waals surface area contributed by atoms with E-state index < -0.39 is 5.97 Å². The third kappa shape index (κ3) is 6.84. The second-order valence-corrected chi connectivity index (χ2v) is 9.70. The van der Waals surface area contributed by atoms with Gasteiger partial charge in [0.05, 0.1) is 7.11 Å². The summed E-state index contributed by atoms with van der Waals surface area (Å²) in [4.78, 5) is 24.3. The summed E-state index contributed by atoms with van der Waals surface area (Å²) in [7, 11) is 1.29. The smallest absolute Gasteiger partial charge is 0.325 e. The molecule has 0 aromatic heterocycles. The second-order valence-electron chi connectivity index (χ2n) is 9.70. The lowest BCUT2D eigenvalue weighted by Crippen LogP contribution is -2.37. The van der Waals surface area contributed by atoms with E-state index in [9.17, 15) is 9.59 Å². The van der Waals surface area contributed by atoms with Crippen LogP contribution in [0.25, 0.3) is 10.8 Å². The van der Waals surface area contributed by atoms with Gasteiger partial charge in [0.2, 0.25) is 0 Å². The second kappa shape index (κ2) is 13.1. The van der Waals surface area contributed by atoms with Gasteiger partial charge in [-0.05, 0) is 54.3 Å². The molecule has 0 saturated carbocycles. The van der Waals surface area contributed by atoms with Crippen LogP contribution in [0.15, 0.2) is 103 Å². The molecule has 3 aromatic carbocycles. The number of fused-ring (bicyclic) bond motifs is 2. The molecule has 1 heterocycles. The minimum atomic E-state index is -0.506. The van der Waals surface area contributed by atoms with Gasteiger partial charge in [-0.1, -0.05) is 79.4 Å². The lowest BCUT2D eigenvalue weighted by atomic mass is 9.83. The Morgan fingerprint density at radius 1 is 1.10 bits per heavy atom. The van der Waals surface area contributed by atoms with Crippen LogP contribution in [0.5, 0.6) is 5.75 Å². The van der Waals surface area contributed by atoms with Crippen molar-refractivity contribution in [1.29, 1.82) is 0 Å². The van der Waals surface area contributed by atoms with E-state index in [1.54, 1.807) is 18.2 Å². The Bertz CT molecular complexity index is 1400. The average Bonchev–Trinajstić information content (AvgIpc) is 2.97. The lowest BCUT2D eigenvalue weighted by Gasteiger charge is -2.33. The van der Waals surface area contributed by atoms with Crippen LogP contribution in [0.3, 0.4) is 0 Å². The van der Waals surface area contributed by atoms with Crippen molar-refractivity contribution in [2.24, 2.45) is 0 Å². The highest BCUT2D eigenvalue weighted by atomic mass is 16.5. The van der Waals surface area contributed by atoms with Crippen LogP contribution in [0, 0.1) is 0 Å². The maximum absolute atomic E-state index is 12.8. The van der Waals surface area contributed by atoms with Crippen molar-refractivity contribution in [3.63, 3.8) is 0 Å². The minimum Gasteiger partial charge on any atom is -0.489 e. The fraction of sp³-hybridized carbons (Fsp3) is 0.273. The van der Waals surface area contributed by atoms with Crippen LogP contribution in [-0.4, -0.2) is 38.2 Å². The highest BCUT2D eigenvalue weighted by Gasteiger charge is 2.30. The summed E-state index contributed by atoms with van der Waals surface area (Å²) in [5.41, 5.74) is 3.53. The van der Waals surface area contributed by atoms with E-state index in [0.29, 0.717) is 18.5 Å². The Morgan fingerprint density at radius 3 is 2.64 bits per heavy atom. The van der Waals surface area contributed by atoms with Gasteiger partial charge >= 0.3 is 5.97 Å². The molecule has 4 rings (SSSR count). The number of allylic oxidation sites excluding steroid dienone is 3. The van der Waals surface area contributed by atoms with Crippen molar-refractivity contribution in [2.75, 3.05) is 20.2 Å². The molecule has 0 bridgehead atoms. The molecule has 0 fully saturated rings. The third-order valence-electron chi connectivity index (χ3n) is 7.05. The molecule has 39 heavy (non-hydrogen) atoms. The highest BCUT2D eigenvalue weighted by molar-refractivity contribution is 5.98. The summed E-state index contributed by atoms with van der Waals surface area (Å²) in [6, 6.07) is 22.9. The van der Waals surface area contributed by atoms with Crippen molar-refractivity contribution in [3.8, 4) is 5.75 Å². The molecule has 0 saturated heterocycles. The first kappa shape index (κ1) is 27.9. The van der Waals surface area contributed by atoms with Gasteiger partial charge in [-0.2, -0.15) is 0 Å². The van der Waals surface area contributed by atoms with Gasteiger partial charge in [-0.25, -0.2) is 0 Å². The van der Waals surface area contributed by atoms with Crippen LogP contribution in [0.2, 0.25) is 0 Å². The molecule has 1 aliphatic heterocycles. The summed E-state index contributed by atoms with van der Waals surface area (Å²) in [6.07, 6.45) is 5.94. The summed E-state index contributed by atoms with van der Waals surface area (Å²) in [6.45, 7) is 8.83. The van der Waals surface area contributed by atoms with Crippen LogP contribution >= 0.6 is 0 Å². The molecule has 0 aliphatic carbocycles. The molecule has 0 spiro atoms. The number of rotatable bonds is 10. The number of amides is 1. The van der Waals surface area contributed by atoms with E-state index >= 15 is 0 Å². The maximum Gasteiger partial charge on any atom is 0.325 e. The number of ether oxygens (including phenoxy) is 2. The number of methoxy groups -OCH3 is 1. The van der Waals surface area contributed by atoms with E-state index in [2.05, 4.69) is 71.3 Å². The molecule has 6 heteroatoms. The Hall–Kier alpha value is -4.16. The van der Waals surface area contributed by atoms with E-state index in [0.717, 1.165) is 16.9 Å². The number of esters is 1. The van der Waals surface area contributed by atoms with Crippen LogP contribution in [0.1, 0.15) is 43.4 Å². The molecule has 3 atom stereocenters. The standard InChI is InChI=1S/C33H36N2O4/c1-5-11-25(33(37)35-21-32(36)38-4)18-22(2)30-19-26(39-31-17-9-8-15-29(30)31)20-34-23(3)27-16-10-13-24-12-6-7-14-28(24)27/h5-18,23,26,30,34H,2,19-21H2,1,3-4H3,(H,35,37)/b11-5-,25-18+/t23-,26-,30+/m1/s1. The molecule has 3 aromatic rings. The largest absolute Gasteiger partial charge is 0.489 e. The van der Waals surface area contributed by atoms with Crippen molar-refractivity contribution < 1.29 is 19.1 Å². The zero-order valence-corrected chi connectivity index (χ0v) is 22.8. The van der Waals surface area contributed by atoms with Crippen molar-refractivity contribution in [2.45, 2.75) is 38.3 Å². The Balaban J connectivity index is 1.50. The van der Waals surface area contributed by atoms with Gasteiger partial charge in [0, 0.05) is 29.6 Å². The summed E-state index contributed by atoms with van der Waals surface area (Å²) >= 11 is 0. The summed E-state index contributed by atoms with van der Waals surface area (Å²) in [5.74, 6) is -0.0607. The Labute approximate surface area is 230 Å². The van der Waals surface area contributed by atoms with Gasteiger partial charge in [0.25, 0.3) is 5.91 Å². The fourth-order valence-electron chi connectivity index (χ4n) is 5.01. The quantitative estimate of drug-likeness (QED) is 0.200. The summed E-state index contributed by atoms with van der Waals surface area (Å²) < 4.78 is 11.0. The fourth-order valence-corrected chi connectivity index (χ4v) is 5.01. The first-order chi connectivity index (χ1) is 18.9. The molecule has 6 nitrogen and oxygen atoms in total. The number of carbonyl (C=O) groups is 2. The van der Waals surface area contributed by atoms with Gasteiger partial charge < -0.3 is 20.1 Å². The SMILES string of the molecule is C=C(/C=C(\C=C/C)C(=O)NCC(=O)OC)[C@@H]1C[C@H](CN[C@H](C)c2cccc3ccccc23)Oc2ccccc21. The Morgan fingerprint density at radius 2 is 1.85 bits per heavy atom. The first-order valence-corrected chi connectivity index (χ1v) is 13.3. The Kier molecular flexibility index (Phi) is 9.34. The van der Waals surface area contributed by atoms with Gasteiger partial charge in [0.15, 0.2) is 0 Å². The van der Waals surface area contributed by atoms with Crippen LogP contribution < -0.4 is 15.4 Å². The number of benzene rings is 3. The topological polar surface area (TPSA) is 76.7 Å². The summed E-state index contributed by atoms with van der Waals surface area (Å²) in [5, 5.41) is 8.75. The van der Waals surface area contributed by atoms with Gasteiger partial charge in [0.1, 0.15) is 18.4 Å². The highest BCUT2D eigenvalue weighted by Crippen LogP contribution is 2.40. The number of nitrogens with one attached hydrogen (secondary N) is 2. The third-order valence-corrected chi connectivity index (χ3v) is 7.05. The predicted octanol–water partition coefficient (Wildman–Crippen LogP) is 5.77. The number of hydrogen-bond acceptors (Lipinski definition) is 5. The number of carbonyl (C=O) groups excluding carboxylic acids is 2. The molecule has 202 valence electrons. The first-order valence-electron chi connectivity index (χ1n) is 13.3. The lowest BCUT2D eigenvalue weighted by molar-refractivity contribution is -0.140. The van der Waals surface area contributed by atoms with Crippen molar-refractivity contribution in [3.05, 3.63) is 114 Å². The minimum absolute atomic E-state index is 0.0247. The predicted molar refractivity (Wildman–Crippen MR) is 156 cm³/mol. The van der Waals surface area contributed by atoms with Crippen molar-refractivity contribution in [1.82, 2.24) is 10.6 Å².